The molecule has 1 saturated heterocycles. The Hall–Kier alpha value is -2.83. The number of ether oxygens (including phenoxy) is 1. The minimum Gasteiger partial charge on any atom is -0.467 e. The summed E-state index contributed by atoms with van der Waals surface area (Å²) in [6.45, 7) is 0.497. The lowest BCUT2D eigenvalue weighted by Crippen LogP contribution is -2.40. The highest BCUT2D eigenvalue weighted by molar-refractivity contribution is 5.95. The fourth-order valence-electron chi connectivity index (χ4n) is 2.70. The lowest BCUT2D eigenvalue weighted by Gasteiger charge is -2.20. The maximum atomic E-state index is 12.5. The fourth-order valence-corrected chi connectivity index (χ4v) is 2.70. The Bertz CT molecular complexity index is 723. The van der Waals surface area contributed by atoms with Crippen molar-refractivity contribution in [1.82, 2.24) is 10.1 Å². The highest BCUT2D eigenvalue weighted by Crippen LogP contribution is 2.24. The van der Waals surface area contributed by atoms with E-state index in [1.165, 1.54) is 12.0 Å². The third-order valence-corrected chi connectivity index (χ3v) is 3.91. The van der Waals surface area contributed by atoms with Gasteiger partial charge in [-0.3, -0.25) is 4.79 Å². The molecule has 0 aliphatic carbocycles. The fraction of sp³-hybridized carbons (Fsp3) is 0.312. The summed E-state index contributed by atoms with van der Waals surface area (Å²) >= 11 is 0. The van der Waals surface area contributed by atoms with Crippen LogP contribution in [0.15, 0.2) is 34.9 Å². The van der Waals surface area contributed by atoms with Gasteiger partial charge in [-0.25, -0.2) is 4.79 Å². The van der Waals surface area contributed by atoms with E-state index < -0.39 is 12.0 Å². The molecule has 0 saturated carbocycles. The Morgan fingerprint density at radius 3 is 2.78 bits per heavy atom. The number of hydrogen-bond donors (Lipinski definition) is 1. The average Bonchev–Trinajstić information content (AvgIpc) is 3.23. The molecule has 2 aromatic rings. The minimum atomic E-state index is -0.558. The number of amides is 1. The van der Waals surface area contributed by atoms with Crippen LogP contribution in [0.5, 0.6) is 0 Å². The van der Waals surface area contributed by atoms with Gasteiger partial charge in [0, 0.05) is 23.9 Å². The number of likely N-dealkylation sites (tertiary alicyclic amines) is 1. The highest BCUT2D eigenvalue weighted by atomic mass is 16.5. The molecule has 1 aromatic heterocycles. The molecule has 0 radical (unpaired) electrons. The zero-order valence-electron chi connectivity index (χ0n) is 12.7. The molecule has 1 aliphatic rings. The van der Waals surface area contributed by atoms with Gasteiger partial charge in [0.1, 0.15) is 11.7 Å². The zero-order valence-corrected chi connectivity index (χ0v) is 12.7. The standard InChI is InChI=1S/C16H17N3O4/c1-22-16(21)13-3-2-8-19(13)15(20)14-9-12(18-23-14)10-4-6-11(17)7-5-10/h4-7,9,13H,2-3,8,17H2,1H3/t13-/m1/s1. The molecule has 3 rings (SSSR count). The summed E-state index contributed by atoms with van der Waals surface area (Å²) in [6.07, 6.45) is 1.35. The number of rotatable bonds is 3. The Kier molecular flexibility index (Phi) is 4.01. The van der Waals surface area contributed by atoms with Crippen molar-refractivity contribution in [2.45, 2.75) is 18.9 Å². The van der Waals surface area contributed by atoms with Crippen LogP contribution in [0.4, 0.5) is 5.69 Å². The molecule has 0 spiro atoms. The molecular formula is C16H17N3O4. The second-order valence-electron chi connectivity index (χ2n) is 5.38. The summed E-state index contributed by atoms with van der Waals surface area (Å²) in [7, 11) is 1.32. The van der Waals surface area contributed by atoms with Crippen molar-refractivity contribution in [3.8, 4) is 11.3 Å². The minimum absolute atomic E-state index is 0.104. The molecule has 1 amide bonds. The number of nitrogen functional groups attached to an aromatic ring is 1. The molecular weight excluding hydrogens is 298 g/mol. The number of anilines is 1. The van der Waals surface area contributed by atoms with Gasteiger partial charge in [0.15, 0.2) is 0 Å². The van der Waals surface area contributed by atoms with Crippen LogP contribution in [-0.2, 0) is 9.53 Å². The first-order valence-corrected chi connectivity index (χ1v) is 7.31. The van der Waals surface area contributed by atoms with Crippen LogP contribution < -0.4 is 5.73 Å². The van der Waals surface area contributed by atoms with E-state index in [-0.39, 0.29) is 11.7 Å². The van der Waals surface area contributed by atoms with Gasteiger partial charge in [0.2, 0.25) is 5.76 Å². The number of nitrogens with two attached hydrogens (primary N) is 1. The van der Waals surface area contributed by atoms with E-state index >= 15 is 0 Å². The first-order valence-electron chi connectivity index (χ1n) is 7.31. The third-order valence-electron chi connectivity index (χ3n) is 3.91. The van der Waals surface area contributed by atoms with Crippen LogP contribution >= 0.6 is 0 Å². The van der Waals surface area contributed by atoms with Crippen molar-refractivity contribution in [2.24, 2.45) is 0 Å². The lowest BCUT2D eigenvalue weighted by molar-refractivity contribution is -0.145. The topological polar surface area (TPSA) is 98.7 Å². The van der Waals surface area contributed by atoms with E-state index in [0.29, 0.717) is 24.3 Å². The first-order chi connectivity index (χ1) is 11.1. The summed E-state index contributed by atoms with van der Waals surface area (Å²) in [5.41, 5.74) is 7.64. The number of methoxy groups -OCH3 is 1. The molecule has 0 bridgehead atoms. The van der Waals surface area contributed by atoms with Crippen LogP contribution in [-0.4, -0.2) is 41.6 Å². The lowest BCUT2D eigenvalue weighted by atomic mass is 10.1. The zero-order chi connectivity index (χ0) is 16.4. The Balaban J connectivity index is 1.81. The van der Waals surface area contributed by atoms with E-state index in [9.17, 15) is 9.59 Å². The molecule has 1 atom stereocenters. The monoisotopic (exact) mass is 315 g/mol. The van der Waals surface area contributed by atoms with Crippen molar-refractivity contribution in [2.75, 3.05) is 19.4 Å². The van der Waals surface area contributed by atoms with Gasteiger partial charge in [-0.05, 0) is 25.0 Å². The number of carbonyl (C=O) groups is 2. The summed E-state index contributed by atoms with van der Waals surface area (Å²) < 4.78 is 9.91. The van der Waals surface area contributed by atoms with E-state index in [0.717, 1.165) is 12.0 Å². The molecule has 120 valence electrons. The summed E-state index contributed by atoms with van der Waals surface area (Å²) in [6, 6.07) is 8.11. The average molecular weight is 315 g/mol. The highest BCUT2D eigenvalue weighted by Gasteiger charge is 2.36. The second-order valence-corrected chi connectivity index (χ2v) is 5.38. The molecule has 1 aliphatic heterocycles. The molecule has 0 unspecified atom stereocenters. The van der Waals surface area contributed by atoms with Gasteiger partial charge < -0.3 is 19.9 Å². The Morgan fingerprint density at radius 1 is 1.35 bits per heavy atom. The summed E-state index contributed by atoms with van der Waals surface area (Å²) in [4.78, 5) is 25.8. The number of hydrogen-bond acceptors (Lipinski definition) is 6. The smallest absolute Gasteiger partial charge is 0.328 e. The molecule has 2 heterocycles. The van der Waals surface area contributed by atoms with Crippen molar-refractivity contribution >= 4 is 17.6 Å². The maximum Gasteiger partial charge on any atom is 0.328 e. The molecule has 7 heteroatoms. The summed E-state index contributed by atoms with van der Waals surface area (Å²) in [5, 5.41) is 3.92. The van der Waals surface area contributed by atoms with Crippen LogP contribution in [0.1, 0.15) is 23.4 Å². The molecule has 1 fully saturated rings. The van der Waals surface area contributed by atoms with Crippen molar-refractivity contribution in [3.05, 3.63) is 36.1 Å². The normalized spacial score (nSPS) is 17.3. The van der Waals surface area contributed by atoms with Crippen molar-refractivity contribution in [1.29, 1.82) is 0 Å². The maximum absolute atomic E-state index is 12.5. The van der Waals surface area contributed by atoms with Crippen LogP contribution in [0.3, 0.4) is 0 Å². The number of esters is 1. The van der Waals surface area contributed by atoms with Gasteiger partial charge in [0.05, 0.1) is 7.11 Å². The van der Waals surface area contributed by atoms with Gasteiger partial charge in [-0.15, -0.1) is 0 Å². The van der Waals surface area contributed by atoms with Gasteiger partial charge in [-0.2, -0.15) is 0 Å². The largest absolute Gasteiger partial charge is 0.467 e. The van der Waals surface area contributed by atoms with E-state index in [1.807, 2.05) is 0 Å². The number of nitrogens with zero attached hydrogens (tertiary/aromatic N) is 2. The molecule has 23 heavy (non-hydrogen) atoms. The Labute approximate surface area is 133 Å². The van der Waals surface area contributed by atoms with Crippen molar-refractivity contribution in [3.63, 3.8) is 0 Å². The SMILES string of the molecule is COC(=O)[C@H]1CCCN1C(=O)c1cc(-c2ccc(N)cc2)no1. The molecule has 7 nitrogen and oxygen atoms in total. The van der Waals surface area contributed by atoms with Gasteiger partial charge >= 0.3 is 5.97 Å². The molecule has 2 N–H and O–H groups in total. The molecule has 1 aromatic carbocycles. The predicted molar refractivity (Wildman–Crippen MR) is 82.4 cm³/mol. The first kappa shape index (κ1) is 15.1. The van der Waals surface area contributed by atoms with E-state index in [2.05, 4.69) is 5.16 Å². The summed E-state index contributed by atoms with van der Waals surface area (Å²) in [5.74, 6) is -0.658. The third kappa shape index (κ3) is 2.90. The van der Waals surface area contributed by atoms with Crippen LogP contribution in [0.2, 0.25) is 0 Å². The number of carbonyl (C=O) groups excluding carboxylic acids is 2. The van der Waals surface area contributed by atoms with E-state index in [4.69, 9.17) is 15.0 Å². The quantitative estimate of drug-likeness (QED) is 0.683. The number of benzene rings is 1. The van der Waals surface area contributed by atoms with Gasteiger partial charge in [-0.1, -0.05) is 17.3 Å². The van der Waals surface area contributed by atoms with E-state index in [1.54, 1.807) is 30.3 Å². The van der Waals surface area contributed by atoms with Crippen molar-refractivity contribution < 1.29 is 18.8 Å². The Morgan fingerprint density at radius 2 is 2.09 bits per heavy atom. The van der Waals surface area contributed by atoms with Crippen LogP contribution in [0.25, 0.3) is 11.3 Å². The second kappa shape index (κ2) is 6.12. The van der Waals surface area contributed by atoms with Gasteiger partial charge in [0.25, 0.3) is 5.91 Å². The number of aromatic nitrogens is 1. The van der Waals surface area contributed by atoms with Crippen LogP contribution in [0, 0.1) is 0 Å². The predicted octanol–water partition coefficient (Wildman–Crippen LogP) is 1.70.